The van der Waals surface area contributed by atoms with Crippen LogP contribution in [0.1, 0.15) is 11.7 Å². The van der Waals surface area contributed by atoms with Crippen molar-refractivity contribution < 1.29 is 19.1 Å². The molecule has 148 valence electrons. The van der Waals surface area contributed by atoms with E-state index in [-0.39, 0.29) is 0 Å². The van der Waals surface area contributed by atoms with Crippen LogP contribution in [0.3, 0.4) is 0 Å². The zero-order valence-corrected chi connectivity index (χ0v) is 15.5. The van der Waals surface area contributed by atoms with Gasteiger partial charge in [-0.1, -0.05) is 42.5 Å². The van der Waals surface area contributed by atoms with Gasteiger partial charge in [0.25, 0.3) is 11.5 Å². The molecule has 3 rings (SSSR count). The lowest BCUT2D eigenvalue weighted by molar-refractivity contribution is -0.156. The van der Waals surface area contributed by atoms with Gasteiger partial charge in [0.1, 0.15) is 6.54 Å². The third-order valence-corrected chi connectivity index (χ3v) is 4.08. The Morgan fingerprint density at radius 3 is 2.48 bits per heavy atom. The second-order valence-corrected chi connectivity index (χ2v) is 6.04. The fraction of sp³-hybridized carbons (Fsp3) is 0.150. The Bertz CT molecular complexity index is 1110. The first kappa shape index (κ1) is 19.7. The topological polar surface area (TPSA) is 119 Å². The van der Waals surface area contributed by atoms with E-state index < -0.39 is 36.1 Å². The monoisotopic (exact) mass is 394 g/mol. The predicted octanol–water partition coefficient (Wildman–Crippen LogP) is 1.14. The standard InChI is InChI=1S/C20H18N4O5/c1-21-20(28)23-18(26)17(13-7-3-2-4-8-13)29-16(25)11-24-12-22-15-10-6-5-9-14(15)19(24)27/h2-10,12,17H,11H2,1H3,(H2,21,23,26,28)/t17-/m0/s1. The predicted molar refractivity (Wildman–Crippen MR) is 104 cm³/mol. The highest BCUT2D eigenvalue weighted by atomic mass is 16.5. The summed E-state index contributed by atoms with van der Waals surface area (Å²) in [7, 11) is 1.35. The number of amides is 3. The average molecular weight is 394 g/mol. The highest BCUT2D eigenvalue weighted by Gasteiger charge is 2.26. The number of urea groups is 1. The Morgan fingerprint density at radius 1 is 1.07 bits per heavy atom. The first-order chi connectivity index (χ1) is 14.0. The van der Waals surface area contributed by atoms with E-state index in [1.807, 2.05) is 0 Å². The summed E-state index contributed by atoms with van der Waals surface area (Å²) in [5.41, 5.74) is 0.485. The molecule has 0 fully saturated rings. The largest absolute Gasteiger partial charge is 0.446 e. The van der Waals surface area contributed by atoms with Gasteiger partial charge in [0.2, 0.25) is 6.10 Å². The maximum atomic E-state index is 12.5. The Kier molecular flexibility index (Phi) is 5.98. The summed E-state index contributed by atoms with van der Waals surface area (Å²) >= 11 is 0. The smallest absolute Gasteiger partial charge is 0.327 e. The van der Waals surface area contributed by atoms with Crippen molar-refractivity contribution in [1.82, 2.24) is 20.2 Å². The fourth-order valence-electron chi connectivity index (χ4n) is 2.67. The zero-order chi connectivity index (χ0) is 20.8. The van der Waals surface area contributed by atoms with Crippen molar-refractivity contribution in [2.45, 2.75) is 12.6 Å². The van der Waals surface area contributed by atoms with E-state index in [1.165, 1.54) is 13.4 Å². The number of nitrogens with zero attached hydrogens (tertiary/aromatic N) is 2. The van der Waals surface area contributed by atoms with Crippen molar-refractivity contribution in [3.8, 4) is 0 Å². The molecule has 3 aromatic rings. The van der Waals surface area contributed by atoms with Gasteiger partial charge in [0.05, 0.1) is 17.2 Å². The molecule has 0 radical (unpaired) electrons. The number of benzene rings is 2. The molecule has 1 atom stereocenters. The summed E-state index contributed by atoms with van der Waals surface area (Å²) < 4.78 is 6.40. The maximum Gasteiger partial charge on any atom is 0.327 e. The molecule has 1 heterocycles. The number of nitrogens with one attached hydrogen (secondary N) is 2. The van der Waals surface area contributed by atoms with Gasteiger partial charge in [0.15, 0.2) is 0 Å². The van der Waals surface area contributed by atoms with Crippen molar-refractivity contribution in [3.05, 3.63) is 76.8 Å². The van der Waals surface area contributed by atoms with Crippen LogP contribution in [0.4, 0.5) is 4.79 Å². The molecule has 0 spiro atoms. The van der Waals surface area contributed by atoms with Crippen LogP contribution in [0.15, 0.2) is 65.7 Å². The van der Waals surface area contributed by atoms with E-state index in [2.05, 4.69) is 15.6 Å². The number of fused-ring (bicyclic) bond motifs is 1. The Balaban J connectivity index is 1.81. The van der Waals surface area contributed by atoms with Crippen LogP contribution in [0.5, 0.6) is 0 Å². The zero-order valence-electron chi connectivity index (χ0n) is 15.5. The van der Waals surface area contributed by atoms with Gasteiger partial charge in [-0.05, 0) is 12.1 Å². The first-order valence-corrected chi connectivity index (χ1v) is 8.71. The first-order valence-electron chi connectivity index (χ1n) is 8.71. The van der Waals surface area contributed by atoms with E-state index >= 15 is 0 Å². The number of aromatic nitrogens is 2. The minimum atomic E-state index is -1.36. The molecule has 2 N–H and O–H groups in total. The molecule has 0 unspecified atom stereocenters. The van der Waals surface area contributed by atoms with Gasteiger partial charge < -0.3 is 10.1 Å². The Hall–Kier alpha value is -4.01. The minimum absolute atomic E-state index is 0.361. The summed E-state index contributed by atoms with van der Waals surface area (Å²) in [6.45, 7) is -0.437. The number of imide groups is 1. The van der Waals surface area contributed by atoms with Gasteiger partial charge in [-0.3, -0.25) is 24.3 Å². The molecule has 29 heavy (non-hydrogen) atoms. The lowest BCUT2D eigenvalue weighted by atomic mass is 10.1. The number of hydrogen-bond donors (Lipinski definition) is 2. The molecule has 9 heteroatoms. The number of rotatable bonds is 5. The van der Waals surface area contributed by atoms with Crippen molar-refractivity contribution in [1.29, 1.82) is 0 Å². The van der Waals surface area contributed by atoms with Crippen LogP contribution in [0.25, 0.3) is 10.9 Å². The van der Waals surface area contributed by atoms with Gasteiger partial charge >= 0.3 is 12.0 Å². The van der Waals surface area contributed by atoms with Crippen molar-refractivity contribution >= 4 is 28.8 Å². The summed E-state index contributed by atoms with van der Waals surface area (Å²) in [6.07, 6.45) is -0.112. The van der Waals surface area contributed by atoms with E-state index in [0.717, 1.165) is 4.57 Å². The van der Waals surface area contributed by atoms with Gasteiger partial charge in [0, 0.05) is 12.6 Å². The molecular formula is C20H18N4O5. The SMILES string of the molecule is CNC(=O)NC(=O)[C@@H](OC(=O)Cn1cnc2ccccc2c1=O)c1ccccc1. The van der Waals surface area contributed by atoms with E-state index in [9.17, 15) is 19.2 Å². The third kappa shape index (κ3) is 4.64. The van der Waals surface area contributed by atoms with Gasteiger partial charge in [-0.15, -0.1) is 0 Å². The van der Waals surface area contributed by atoms with Crippen molar-refractivity contribution in [2.75, 3.05) is 7.05 Å². The minimum Gasteiger partial charge on any atom is -0.446 e. The molecule has 1 aromatic heterocycles. The molecule has 0 aliphatic carbocycles. The van der Waals surface area contributed by atoms with Crippen LogP contribution in [0, 0.1) is 0 Å². The number of esters is 1. The second kappa shape index (κ2) is 8.79. The van der Waals surface area contributed by atoms with Crippen LogP contribution < -0.4 is 16.2 Å². The lowest BCUT2D eigenvalue weighted by Gasteiger charge is -2.18. The molecule has 0 saturated heterocycles. The number of carbonyl (C=O) groups excluding carboxylic acids is 3. The average Bonchev–Trinajstić information content (AvgIpc) is 2.74. The van der Waals surface area contributed by atoms with Gasteiger partial charge in [-0.25, -0.2) is 9.78 Å². The number of carbonyl (C=O) groups is 3. The van der Waals surface area contributed by atoms with Crippen molar-refractivity contribution in [3.63, 3.8) is 0 Å². The van der Waals surface area contributed by atoms with Crippen LogP contribution >= 0.6 is 0 Å². The number of para-hydroxylation sites is 1. The maximum absolute atomic E-state index is 12.5. The molecule has 0 aliphatic heterocycles. The second-order valence-electron chi connectivity index (χ2n) is 6.04. The fourth-order valence-corrected chi connectivity index (χ4v) is 2.67. The quantitative estimate of drug-likeness (QED) is 0.626. The summed E-state index contributed by atoms with van der Waals surface area (Å²) in [5.74, 6) is -1.64. The molecule has 0 aliphatic rings. The van der Waals surface area contributed by atoms with Crippen molar-refractivity contribution in [2.24, 2.45) is 0 Å². The normalized spacial score (nSPS) is 11.5. The lowest BCUT2D eigenvalue weighted by Crippen LogP contribution is -2.41. The van der Waals surface area contributed by atoms with Crippen LogP contribution in [0.2, 0.25) is 0 Å². The highest BCUT2D eigenvalue weighted by Crippen LogP contribution is 2.18. The van der Waals surface area contributed by atoms with E-state index in [0.29, 0.717) is 16.5 Å². The molecular weight excluding hydrogens is 376 g/mol. The summed E-state index contributed by atoms with van der Waals surface area (Å²) in [4.78, 5) is 53.0. The number of ether oxygens (including phenoxy) is 1. The van der Waals surface area contributed by atoms with Crippen LogP contribution in [-0.2, 0) is 20.9 Å². The van der Waals surface area contributed by atoms with E-state index in [1.54, 1.807) is 54.6 Å². The molecule has 3 amide bonds. The summed E-state index contributed by atoms with van der Waals surface area (Å²) in [5, 5.41) is 4.70. The molecule has 9 nitrogen and oxygen atoms in total. The molecule has 0 saturated carbocycles. The Labute approximate surface area is 165 Å². The third-order valence-electron chi connectivity index (χ3n) is 4.08. The molecule has 0 bridgehead atoms. The molecule has 2 aromatic carbocycles. The van der Waals surface area contributed by atoms with Crippen LogP contribution in [-0.4, -0.2) is 34.5 Å². The summed E-state index contributed by atoms with van der Waals surface area (Å²) in [6, 6.07) is 14.3. The highest BCUT2D eigenvalue weighted by molar-refractivity contribution is 5.97. The van der Waals surface area contributed by atoms with Gasteiger partial charge in [-0.2, -0.15) is 0 Å². The number of hydrogen-bond acceptors (Lipinski definition) is 6. The van der Waals surface area contributed by atoms with E-state index in [4.69, 9.17) is 4.74 Å². The Morgan fingerprint density at radius 2 is 1.76 bits per heavy atom.